The molecule has 2 rings (SSSR count). The van der Waals surface area contributed by atoms with Crippen molar-refractivity contribution in [3.05, 3.63) is 56.5 Å². The van der Waals surface area contributed by atoms with Gasteiger partial charge in [0.2, 0.25) is 0 Å². The minimum Gasteiger partial charge on any atom is -0.294 e. The van der Waals surface area contributed by atoms with E-state index in [1.807, 2.05) is 0 Å². The van der Waals surface area contributed by atoms with E-state index in [1.165, 1.54) is 25.1 Å². The van der Waals surface area contributed by atoms with Crippen molar-refractivity contribution in [2.75, 3.05) is 0 Å². The van der Waals surface area contributed by atoms with E-state index >= 15 is 0 Å². The summed E-state index contributed by atoms with van der Waals surface area (Å²) >= 11 is 9.41. The molecule has 0 saturated heterocycles. The first-order valence-corrected chi connectivity index (χ1v) is 6.94. The normalized spacial score (nSPS) is 10.7. The molecule has 0 aromatic heterocycles. The summed E-state index contributed by atoms with van der Waals surface area (Å²) in [6, 6.07) is 4.67. The standard InChI is InChI=1S/C15H10BrClF2O/c1-7-13(17)6-12(8(2)20)14(15(7)16)9-3-10(18)5-11(19)4-9/h3-6H,1-2H3. The fourth-order valence-electron chi connectivity index (χ4n) is 1.98. The van der Waals surface area contributed by atoms with Crippen LogP contribution < -0.4 is 0 Å². The van der Waals surface area contributed by atoms with Crippen LogP contribution in [0.25, 0.3) is 11.1 Å². The predicted octanol–water partition coefficient (Wildman–Crippen LogP) is 5.56. The van der Waals surface area contributed by atoms with E-state index in [0.717, 1.165) is 6.07 Å². The van der Waals surface area contributed by atoms with Crippen LogP contribution in [0.2, 0.25) is 5.02 Å². The van der Waals surface area contributed by atoms with E-state index < -0.39 is 11.6 Å². The van der Waals surface area contributed by atoms with Crippen LogP contribution >= 0.6 is 27.5 Å². The van der Waals surface area contributed by atoms with E-state index in [-0.39, 0.29) is 5.78 Å². The fourth-order valence-corrected chi connectivity index (χ4v) is 2.95. The highest BCUT2D eigenvalue weighted by Crippen LogP contribution is 2.38. The Hall–Kier alpha value is -1.26. The van der Waals surface area contributed by atoms with Gasteiger partial charge in [0.15, 0.2) is 5.78 Å². The van der Waals surface area contributed by atoms with Crippen molar-refractivity contribution in [3.63, 3.8) is 0 Å². The number of rotatable bonds is 2. The van der Waals surface area contributed by atoms with Crippen LogP contribution in [0.4, 0.5) is 8.78 Å². The lowest BCUT2D eigenvalue weighted by atomic mass is 9.95. The van der Waals surface area contributed by atoms with E-state index in [9.17, 15) is 13.6 Å². The molecule has 0 unspecified atom stereocenters. The molecule has 5 heteroatoms. The van der Waals surface area contributed by atoms with Gasteiger partial charge in [0.25, 0.3) is 0 Å². The topological polar surface area (TPSA) is 17.1 Å². The third kappa shape index (κ3) is 2.76. The van der Waals surface area contributed by atoms with E-state index in [2.05, 4.69) is 15.9 Å². The second kappa shape index (κ2) is 5.62. The molecule has 0 atom stereocenters. The summed E-state index contributed by atoms with van der Waals surface area (Å²) < 4.78 is 27.3. The first-order chi connectivity index (χ1) is 9.31. The number of hydrogen-bond acceptors (Lipinski definition) is 1. The predicted molar refractivity (Wildman–Crippen MR) is 79.2 cm³/mol. The Kier molecular flexibility index (Phi) is 4.25. The Bertz CT molecular complexity index is 693. The number of carbonyl (C=O) groups is 1. The molecule has 0 amide bonds. The van der Waals surface area contributed by atoms with Gasteiger partial charge in [-0.2, -0.15) is 0 Å². The Morgan fingerprint density at radius 3 is 2.20 bits per heavy atom. The van der Waals surface area contributed by atoms with Gasteiger partial charge in [0.1, 0.15) is 11.6 Å². The number of benzene rings is 2. The van der Waals surface area contributed by atoms with Gasteiger partial charge in [0.05, 0.1) is 0 Å². The molecule has 0 radical (unpaired) electrons. The second-order valence-corrected chi connectivity index (χ2v) is 5.63. The third-order valence-electron chi connectivity index (χ3n) is 2.98. The molecule has 0 bridgehead atoms. The SMILES string of the molecule is CC(=O)c1cc(Cl)c(C)c(Br)c1-c1cc(F)cc(F)c1. The number of carbonyl (C=O) groups excluding carboxylic acids is 1. The quantitative estimate of drug-likeness (QED) is 0.642. The smallest absolute Gasteiger partial charge is 0.160 e. The highest BCUT2D eigenvalue weighted by Gasteiger charge is 2.18. The first-order valence-electron chi connectivity index (χ1n) is 5.77. The molecule has 0 aliphatic heterocycles. The zero-order chi connectivity index (χ0) is 15.0. The van der Waals surface area contributed by atoms with Crippen molar-refractivity contribution >= 4 is 33.3 Å². The Morgan fingerprint density at radius 2 is 1.70 bits per heavy atom. The Labute approximate surface area is 128 Å². The molecular weight excluding hydrogens is 350 g/mol. The average molecular weight is 360 g/mol. The fraction of sp³-hybridized carbons (Fsp3) is 0.133. The van der Waals surface area contributed by atoms with Crippen LogP contribution in [0.15, 0.2) is 28.7 Å². The summed E-state index contributed by atoms with van der Waals surface area (Å²) in [4.78, 5) is 11.8. The zero-order valence-corrected chi connectivity index (χ0v) is 13.1. The van der Waals surface area contributed by atoms with Crippen molar-refractivity contribution in [1.29, 1.82) is 0 Å². The lowest BCUT2D eigenvalue weighted by molar-refractivity contribution is 0.101. The maximum absolute atomic E-state index is 13.4. The van der Waals surface area contributed by atoms with Crippen LogP contribution in [-0.2, 0) is 0 Å². The molecule has 1 nitrogen and oxygen atoms in total. The summed E-state index contributed by atoms with van der Waals surface area (Å²) in [5, 5.41) is 0.419. The Balaban J connectivity index is 2.84. The highest BCUT2D eigenvalue weighted by atomic mass is 79.9. The molecule has 0 N–H and O–H groups in total. The van der Waals surface area contributed by atoms with Gasteiger partial charge in [-0.25, -0.2) is 8.78 Å². The van der Waals surface area contributed by atoms with E-state index in [4.69, 9.17) is 11.6 Å². The van der Waals surface area contributed by atoms with Crippen molar-refractivity contribution in [3.8, 4) is 11.1 Å². The van der Waals surface area contributed by atoms with E-state index in [1.54, 1.807) is 6.92 Å². The van der Waals surface area contributed by atoms with Crippen molar-refractivity contribution < 1.29 is 13.6 Å². The van der Waals surface area contributed by atoms with Gasteiger partial charge in [0, 0.05) is 26.7 Å². The van der Waals surface area contributed by atoms with Crippen LogP contribution in [-0.4, -0.2) is 5.78 Å². The summed E-state index contributed by atoms with van der Waals surface area (Å²) in [5.74, 6) is -1.63. The minimum atomic E-state index is -0.700. The molecular formula is C15H10BrClF2O. The molecule has 0 aliphatic rings. The summed E-state index contributed by atoms with van der Waals surface area (Å²) in [6.45, 7) is 3.14. The van der Waals surface area contributed by atoms with Crippen molar-refractivity contribution in [2.24, 2.45) is 0 Å². The minimum absolute atomic E-state index is 0.229. The summed E-state index contributed by atoms with van der Waals surface area (Å²) in [6.07, 6.45) is 0. The third-order valence-corrected chi connectivity index (χ3v) is 4.36. The summed E-state index contributed by atoms with van der Waals surface area (Å²) in [7, 11) is 0. The van der Waals surface area contributed by atoms with Crippen LogP contribution in [0.5, 0.6) is 0 Å². The number of ketones is 1. The first kappa shape index (κ1) is 15.1. The summed E-state index contributed by atoms with van der Waals surface area (Å²) in [5.41, 5.74) is 1.76. The monoisotopic (exact) mass is 358 g/mol. The largest absolute Gasteiger partial charge is 0.294 e. The van der Waals surface area contributed by atoms with Crippen LogP contribution in [0.1, 0.15) is 22.8 Å². The molecule has 0 aliphatic carbocycles. The number of hydrogen-bond donors (Lipinski definition) is 0. The molecule has 2 aromatic carbocycles. The maximum atomic E-state index is 13.4. The van der Waals surface area contributed by atoms with Crippen LogP contribution in [0.3, 0.4) is 0 Å². The van der Waals surface area contributed by atoms with E-state index in [0.29, 0.717) is 31.7 Å². The van der Waals surface area contributed by atoms with Gasteiger partial charge in [-0.1, -0.05) is 11.6 Å². The molecule has 104 valence electrons. The van der Waals surface area contributed by atoms with Gasteiger partial charge in [-0.15, -0.1) is 0 Å². The lowest BCUT2D eigenvalue weighted by Gasteiger charge is -2.14. The van der Waals surface area contributed by atoms with Gasteiger partial charge < -0.3 is 0 Å². The van der Waals surface area contributed by atoms with Gasteiger partial charge in [-0.05, 0) is 59.1 Å². The van der Waals surface area contributed by atoms with Gasteiger partial charge in [-0.3, -0.25) is 4.79 Å². The maximum Gasteiger partial charge on any atom is 0.160 e. The van der Waals surface area contributed by atoms with Gasteiger partial charge >= 0.3 is 0 Å². The van der Waals surface area contributed by atoms with Crippen LogP contribution in [0, 0.1) is 18.6 Å². The van der Waals surface area contributed by atoms with Crippen molar-refractivity contribution in [1.82, 2.24) is 0 Å². The Morgan fingerprint density at radius 1 is 1.15 bits per heavy atom. The van der Waals surface area contributed by atoms with Crippen molar-refractivity contribution in [2.45, 2.75) is 13.8 Å². The number of Topliss-reactive ketones (excluding diaryl/α,β-unsaturated/α-hetero) is 1. The molecule has 2 aromatic rings. The zero-order valence-electron chi connectivity index (χ0n) is 10.7. The molecule has 0 heterocycles. The molecule has 0 saturated carbocycles. The lowest BCUT2D eigenvalue weighted by Crippen LogP contribution is -2.00. The molecule has 0 fully saturated rings. The highest BCUT2D eigenvalue weighted by molar-refractivity contribution is 9.10. The number of halogens is 4. The molecule has 20 heavy (non-hydrogen) atoms. The molecule has 0 spiro atoms. The average Bonchev–Trinajstić information content (AvgIpc) is 2.34. The second-order valence-electron chi connectivity index (χ2n) is 4.43.